The van der Waals surface area contributed by atoms with E-state index in [0.717, 1.165) is 0 Å². The summed E-state index contributed by atoms with van der Waals surface area (Å²) in [5, 5.41) is 1.33. The topological polar surface area (TPSA) is 0 Å². The first-order valence-corrected chi connectivity index (χ1v) is 6.15. The van der Waals surface area contributed by atoms with Crippen molar-refractivity contribution in [1.82, 2.24) is 0 Å². The minimum absolute atomic E-state index is 0.400. The van der Waals surface area contributed by atoms with E-state index < -0.39 is 0 Å². The second-order valence-corrected chi connectivity index (χ2v) is 5.40. The summed E-state index contributed by atoms with van der Waals surface area (Å²) in [5.74, 6) is 0. The fourth-order valence-corrected chi connectivity index (χ4v) is 3.11. The van der Waals surface area contributed by atoms with Gasteiger partial charge in [0.05, 0.1) is 28.5 Å². The van der Waals surface area contributed by atoms with Gasteiger partial charge in [-0.15, -0.1) is 0 Å². The molecule has 0 nitrogen and oxygen atoms in total. The molecule has 1 rings (SSSR count). The minimum Gasteiger partial charge on any atom is -0.0818 e. The molecule has 0 amide bonds. The molecule has 0 spiro atoms. The van der Waals surface area contributed by atoms with Crippen molar-refractivity contribution < 1.29 is 0 Å². The normalized spacial score (nSPS) is 10.5. The highest BCUT2D eigenvalue weighted by Crippen LogP contribution is 2.46. The Kier molecular flexibility index (Phi) is 4.22. The van der Waals surface area contributed by atoms with Crippen LogP contribution in [0.5, 0.6) is 0 Å². The molecule has 0 radical (unpaired) electrons. The number of hydrogen-bond donors (Lipinski definition) is 0. The van der Waals surface area contributed by atoms with Crippen molar-refractivity contribution in [2.24, 2.45) is 0 Å². The summed E-state index contributed by atoms with van der Waals surface area (Å²) < 4.78 is 1.93. The van der Waals surface area contributed by atoms with Crippen molar-refractivity contribution in [3.8, 4) is 0 Å². The molecule has 0 aliphatic carbocycles. The van der Waals surface area contributed by atoms with Gasteiger partial charge in [0.15, 0.2) is 0 Å². The lowest BCUT2D eigenvalue weighted by atomic mass is 10.4. The molecule has 0 atom stereocenters. The summed E-state index contributed by atoms with van der Waals surface area (Å²) in [7, 11) is 0. The predicted molar refractivity (Wildman–Crippen MR) is 64.6 cm³/mol. The Morgan fingerprint density at radius 2 is 0.917 bits per heavy atom. The quantitative estimate of drug-likeness (QED) is 0.362. The van der Waals surface area contributed by atoms with Crippen molar-refractivity contribution in [2.75, 3.05) is 0 Å². The maximum absolute atomic E-state index is 5.89. The number of halogens is 6. The molecule has 0 aliphatic heterocycles. The van der Waals surface area contributed by atoms with Gasteiger partial charge in [-0.05, 0) is 47.8 Å². The second kappa shape index (κ2) is 4.37. The van der Waals surface area contributed by atoms with Crippen LogP contribution in [-0.2, 0) is 0 Å². The molecule has 0 saturated carbocycles. The Hall–Kier alpha value is 1.53. The van der Waals surface area contributed by atoms with Crippen LogP contribution in [0, 0.1) is 0 Å². The summed E-state index contributed by atoms with van der Waals surface area (Å²) in [6, 6.07) is 0. The summed E-state index contributed by atoms with van der Waals surface area (Å²) in [6.45, 7) is 0. The largest absolute Gasteiger partial charge is 0.0818 e. The summed E-state index contributed by atoms with van der Waals surface area (Å²) in [4.78, 5) is 0. The average molecular weight is 418 g/mol. The first-order valence-electron chi connectivity index (χ1n) is 2.63. The van der Waals surface area contributed by atoms with E-state index >= 15 is 0 Å². The van der Waals surface area contributed by atoms with Crippen LogP contribution in [0.15, 0.2) is 13.4 Å². The van der Waals surface area contributed by atoms with E-state index in [2.05, 4.69) is 47.8 Å². The molecular formula is C6Br3Cl3. The number of benzene rings is 1. The highest BCUT2D eigenvalue weighted by molar-refractivity contribution is 9.13. The molecule has 0 unspecified atom stereocenters. The zero-order chi connectivity index (χ0) is 9.46. The smallest absolute Gasteiger partial charge is 0.0761 e. The Bertz CT molecular complexity index is 232. The fraction of sp³-hybridized carbons (Fsp3) is 0. The van der Waals surface area contributed by atoms with Gasteiger partial charge in [-0.3, -0.25) is 0 Å². The highest BCUT2D eigenvalue weighted by atomic mass is 79.9. The second-order valence-electron chi connectivity index (χ2n) is 1.88. The van der Waals surface area contributed by atoms with Crippen molar-refractivity contribution in [2.45, 2.75) is 0 Å². The third-order valence-electron chi connectivity index (χ3n) is 1.16. The zero-order valence-corrected chi connectivity index (χ0v) is 12.3. The molecule has 1 aromatic carbocycles. The number of rotatable bonds is 0. The summed E-state index contributed by atoms with van der Waals surface area (Å²) in [6.07, 6.45) is 0. The van der Waals surface area contributed by atoms with Gasteiger partial charge in [-0.25, -0.2) is 0 Å². The molecule has 6 heteroatoms. The van der Waals surface area contributed by atoms with Crippen LogP contribution in [0.1, 0.15) is 0 Å². The van der Waals surface area contributed by atoms with Gasteiger partial charge in [-0.1, -0.05) is 34.8 Å². The molecule has 0 fully saturated rings. The van der Waals surface area contributed by atoms with Crippen LogP contribution in [0.2, 0.25) is 15.1 Å². The fourth-order valence-electron chi connectivity index (χ4n) is 0.578. The van der Waals surface area contributed by atoms with E-state index in [0.29, 0.717) is 28.5 Å². The van der Waals surface area contributed by atoms with E-state index in [1.165, 1.54) is 0 Å². The van der Waals surface area contributed by atoms with Crippen LogP contribution in [0.4, 0.5) is 0 Å². The van der Waals surface area contributed by atoms with Crippen molar-refractivity contribution in [1.29, 1.82) is 0 Å². The van der Waals surface area contributed by atoms with Crippen LogP contribution >= 0.6 is 82.6 Å². The monoisotopic (exact) mass is 414 g/mol. The minimum atomic E-state index is 0.400. The Labute approximate surface area is 110 Å². The number of hydrogen-bond acceptors (Lipinski definition) is 0. The molecule has 1 aromatic rings. The average Bonchev–Trinajstić information content (AvgIpc) is 2.08. The third-order valence-corrected chi connectivity index (χ3v) is 6.21. The lowest BCUT2D eigenvalue weighted by Crippen LogP contribution is -1.80. The molecule has 0 aromatic heterocycles. The predicted octanol–water partition coefficient (Wildman–Crippen LogP) is 5.93. The molecule has 0 saturated heterocycles. The van der Waals surface area contributed by atoms with E-state index in [1.54, 1.807) is 0 Å². The first-order chi connectivity index (χ1) is 5.46. The Morgan fingerprint density at radius 1 is 0.583 bits per heavy atom. The van der Waals surface area contributed by atoms with Gasteiger partial charge in [0, 0.05) is 0 Å². The molecule has 0 bridgehead atoms. The first kappa shape index (κ1) is 11.6. The van der Waals surface area contributed by atoms with Gasteiger partial charge in [0.25, 0.3) is 0 Å². The standard InChI is InChI=1S/C6Br3Cl3/c7-1-2(8)5(11)6(12)3(9)4(1)10. The van der Waals surface area contributed by atoms with Crippen molar-refractivity contribution >= 4 is 82.6 Å². The van der Waals surface area contributed by atoms with Crippen LogP contribution < -0.4 is 0 Å². The van der Waals surface area contributed by atoms with Crippen LogP contribution in [0.25, 0.3) is 0 Å². The van der Waals surface area contributed by atoms with Gasteiger partial charge in [0.2, 0.25) is 0 Å². The van der Waals surface area contributed by atoms with Gasteiger partial charge < -0.3 is 0 Å². The lowest BCUT2D eigenvalue weighted by molar-refractivity contribution is 1.54. The Balaban J connectivity index is 3.60. The van der Waals surface area contributed by atoms with Gasteiger partial charge in [0.1, 0.15) is 0 Å². The molecule has 12 heavy (non-hydrogen) atoms. The van der Waals surface area contributed by atoms with Crippen LogP contribution in [0.3, 0.4) is 0 Å². The van der Waals surface area contributed by atoms with Gasteiger partial charge in [-0.2, -0.15) is 0 Å². The van der Waals surface area contributed by atoms with E-state index in [-0.39, 0.29) is 0 Å². The van der Waals surface area contributed by atoms with Crippen LogP contribution in [-0.4, -0.2) is 0 Å². The maximum atomic E-state index is 5.89. The molecule has 66 valence electrons. The lowest BCUT2D eigenvalue weighted by Gasteiger charge is -2.07. The van der Waals surface area contributed by atoms with E-state index in [4.69, 9.17) is 34.8 Å². The van der Waals surface area contributed by atoms with Crippen molar-refractivity contribution in [3.63, 3.8) is 0 Å². The van der Waals surface area contributed by atoms with Gasteiger partial charge >= 0.3 is 0 Å². The van der Waals surface area contributed by atoms with E-state index in [9.17, 15) is 0 Å². The Morgan fingerprint density at radius 3 is 1.42 bits per heavy atom. The molecule has 0 N–H and O–H groups in total. The maximum Gasteiger partial charge on any atom is 0.0761 e. The zero-order valence-electron chi connectivity index (χ0n) is 5.27. The summed E-state index contributed by atoms with van der Waals surface area (Å²) >= 11 is 27.3. The molecular weight excluding hydrogens is 418 g/mol. The molecule has 0 aliphatic rings. The molecule has 0 heterocycles. The summed E-state index contributed by atoms with van der Waals surface area (Å²) in [5.41, 5.74) is 0. The SMILES string of the molecule is Clc1c(Cl)c(Br)c(Br)c(Cl)c1Br. The third kappa shape index (κ3) is 1.96. The van der Waals surface area contributed by atoms with E-state index in [1.807, 2.05) is 0 Å². The van der Waals surface area contributed by atoms with Crippen molar-refractivity contribution in [3.05, 3.63) is 28.5 Å². The highest BCUT2D eigenvalue weighted by Gasteiger charge is 2.16.